The molecule has 0 fully saturated rings. The van der Waals surface area contributed by atoms with E-state index in [1.54, 1.807) is 55.5 Å². The Morgan fingerprint density at radius 1 is 1.28 bits per heavy atom. The fraction of sp³-hybridized carbons (Fsp3) is 0.130. The van der Waals surface area contributed by atoms with E-state index in [0.29, 0.717) is 22.3 Å². The second-order valence-electron chi connectivity index (χ2n) is 7.79. The first-order chi connectivity index (χ1) is 17.2. The number of fused-ring (bicyclic) bond motifs is 1. The summed E-state index contributed by atoms with van der Waals surface area (Å²) in [6, 6.07) is 14.2. The van der Waals surface area contributed by atoms with Gasteiger partial charge >= 0.3 is 0 Å². The third kappa shape index (κ3) is 4.98. The van der Waals surface area contributed by atoms with E-state index in [9.17, 15) is 18.5 Å². The number of anilines is 1. The zero-order valence-electron chi connectivity index (χ0n) is 19.2. The normalized spacial score (nSPS) is 11.8. The van der Waals surface area contributed by atoms with Gasteiger partial charge in [-0.3, -0.25) is 15.1 Å². The Balaban J connectivity index is 1.69. The average molecular weight is 505 g/mol. The molecule has 0 atom stereocenters. The molecule has 0 bridgehead atoms. The third-order valence-corrected chi connectivity index (χ3v) is 6.59. The number of aromatic nitrogens is 3. The van der Waals surface area contributed by atoms with Gasteiger partial charge in [0.2, 0.25) is 0 Å². The van der Waals surface area contributed by atoms with Crippen molar-refractivity contribution in [2.75, 3.05) is 11.9 Å². The molecule has 0 aliphatic heterocycles. The quantitative estimate of drug-likeness (QED) is 0.218. The Morgan fingerprint density at radius 3 is 2.78 bits per heavy atom. The summed E-state index contributed by atoms with van der Waals surface area (Å²) < 4.78 is 28.1. The minimum absolute atomic E-state index is 0.237. The Labute approximate surface area is 206 Å². The molecule has 13 heteroatoms. The number of hydrazone groups is 1. The molecule has 0 saturated heterocycles. The van der Waals surface area contributed by atoms with Crippen molar-refractivity contribution < 1.29 is 13.3 Å². The highest BCUT2D eigenvalue weighted by atomic mass is 32.2. The predicted molar refractivity (Wildman–Crippen MR) is 132 cm³/mol. The first-order valence-electron chi connectivity index (χ1n) is 10.5. The van der Waals surface area contributed by atoms with E-state index in [1.807, 2.05) is 12.1 Å². The molecule has 1 aromatic carbocycles. The molecule has 0 amide bonds. The van der Waals surface area contributed by atoms with Crippen molar-refractivity contribution in [1.29, 1.82) is 5.26 Å². The van der Waals surface area contributed by atoms with Crippen LogP contribution in [0.15, 0.2) is 77.1 Å². The smallest absolute Gasteiger partial charge is 0.278 e. The molecule has 0 spiro atoms. The average Bonchev–Trinajstić information content (AvgIpc) is 3.30. The summed E-state index contributed by atoms with van der Waals surface area (Å²) in [5, 5.41) is 28.7. The van der Waals surface area contributed by atoms with Gasteiger partial charge in [0.15, 0.2) is 0 Å². The summed E-state index contributed by atoms with van der Waals surface area (Å²) >= 11 is 0. The van der Waals surface area contributed by atoms with Crippen LogP contribution in [0.5, 0.6) is 0 Å². The second kappa shape index (κ2) is 9.80. The summed E-state index contributed by atoms with van der Waals surface area (Å²) in [6.45, 7) is 1.85. The zero-order valence-corrected chi connectivity index (χ0v) is 20.0. The predicted octanol–water partition coefficient (Wildman–Crippen LogP) is 2.85. The molecule has 36 heavy (non-hydrogen) atoms. The Bertz CT molecular complexity index is 1630. The van der Waals surface area contributed by atoms with Gasteiger partial charge in [-0.15, -0.1) is 0 Å². The lowest BCUT2D eigenvalue weighted by Crippen LogP contribution is -2.25. The van der Waals surface area contributed by atoms with Gasteiger partial charge < -0.3 is 4.90 Å². The minimum atomic E-state index is -4.32. The number of sulfonamides is 1. The summed E-state index contributed by atoms with van der Waals surface area (Å²) in [5.41, 5.74) is 2.33. The van der Waals surface area contributed by atoms with Gasteiger partial charge in [0.05, 0.1) is 51.9 Å². The fourth-order valence-corrected chi connectivity index (χ4v) is 4.66. The Hall–Kier alpha value is -4.83. The number of nitrogens with one attached hydrogen (secondary N) is 1. The Kier molecular flexibility index (Phi) is 6.62. The molecule has 3 aromatic heterocycles. The SMILES string of the molecule is C/C(=N\NS(=O)(=O)c1cc([N+](=O)[O-])ccc1N(C)Cc1ccccn1)c1cnn2ccc(C#N)cc12. The number of nitrogens with zero attached hydrogens (tertiary/aromatic N) is 7. The number of hydrogen-bond donors (Lipinski definition) is 1. The van der Waals surface area contributed by atoms with Crippen LogP contribution >= 0.6 is 0 Å². The van der Waals surface area contributed by atoms with Gasteiger partial charge in [-0.2, -0.15) is 28.7 Å². The number of benzene rings is 1. The highest BCUT2D eigenvalue weighted by molar-refractivity contribution is 7.89. The lowest BCUT2D eigenvalue weighted by molar-refractivity contribution is -0.385. The van der Waals surface area contributed by atoms with Crippen LogP contribution in [-0.4, -0.2) is 40.7 Å². The number of nitro benzene ring substituents is 1. The minimum Gasteiger partial charge on any atom is -0.368 e. The molecule has 0 unspecified atom stereocenters. The maximum absolute atomic E-state index is 13.3. The van der Waals surface area contributed by atoms with E-state index in [1.165, 1.54) is 22.8 Å². The van der Waals surface area contributed by atoms with Crippen molar-refractivity contribution in [2.24, 2.45) is 5.10 Å². The van der Waals surface area contributed by atoms with Crippen LogP contribution < -0.4 is 9.73 Å². The molecule has 182 valence electrons. The lowest BCUT2D eigenvalue weighted by atomic mass is 10.1. The molecule has 0 radical (unpaired) electrons. The molecule has 1 N–H and O–H groups in total. The van der Waals surface area contributed by atoms with Gasteiger partial charge in [-0.05, 0) is 37.3 Å². The second-order valence-corrected chi connectivity index (χ2v) is 9.42. The topological polar surface area (TPSA) is 159 Å². The van der Waals surface area contributed by atoms with Crippen LogP contribution in [-0.2, 0) is 16.6 Å². The fourth-order valence-electron chi connectivity index (χ4n) is 3.53. The van der Waals surface area contributed by atoms with Gasteiger partial charge in [0.1, 0.15) is 4.90 Å². The van der Waals surface area contributed by atoms with Crippen LogP contribution in [0.4, 0.5) is 11.4 Å². The molecular weight excluding hydrogens is 484 g/mol. The lowest BCUT2D eigenvalue weighted by Gasteiger charge is -2.21. The largest absolute Gasteiger partial charge is 0.368 e. The van der Waals surface area contributed by atoms with Crippen LogP contribution in [0.3, 0.4) is 0 Å². The molecule has 3 heterocycles. The molecule has 12 nitrogen and oxygen atoms in total. The summed E-state index contributed by atoms with van der Waals surface area (Å²) in [7, 11) is -2.66. The number of nitro groups is 1. The maximum atomic E-state index is 13.3. The zero-order chi connectivity index (χ0) is 25.9. The monoisotopic (exact) mass is 504 g/mol. The van der Waals surface area contributed by atoms with Crippen LogP contribution in [0.25, 0.3) is 5.52 Å². The van der Waals surface area contributed by atoms with Gasteiger partial charge in [-0.25, -0.2) is 4.52 Å². The molecule has 0 aliphatic rings. The molecule has 4 rings (SSSR count). The highest BCUT2D eigenvalue weighted by Crippen LogP contribution is 2.29. The molecule has 0 saturated carbocycles. The van der Waals surface area contributed by atoms with Crippen LogP contribution in [0.1, 0.15) is 23.7 Å². The first kappa shape index (κ1) is 24.3. The van der Waals surface area contributed by atoms with E-state index >= 15 is 0 Å². The number of pyridine rings is 2. The van der Waals surface area contributed by atoms with Crippen molar-refractivity contribution >= 4 is 32.6 Å². The molecular formula is C23H20N8O4S. The summed E-state index contributed by atoms with van der Waals surface area (Å²) in [6.07, 6.45) is 4.74. The van der Waals surface area contributed by atoms with Gasteiger partial charge in [0, 0.05) is 37.1 Å². The summed E-state index contributed by atoms with van der Waals surface area (Å²) in [5.74, 6) is 0. The first-order valence-corrected chi connectivity index (χ1v) is 12.0. The van der Waals surface area contributed by atoms with E-state index in [2.05, 4.69) is 20.0 Å². The number of rotatable bonds is 8. The van der Waals surface area contributed by atoms with E-state index < -0.39 is 14.9 Å². The van der Waals surface area contributed by atoms with E-state index in [0.717, 1.165) is 6.07 Å². The third-order valence-electron chi connectivity index (χ3n) is 5.35. The van der Waals surface area contributed by atoms with Crippen LogP contribution in [0, 0.1) is 21.4 Å². The van der Waals surface area contributed by atoms with Crippen LogP contribution in [0.2, 0.25) is 0 Å². The van der Waals surface area contributed by atoms with Gasteiger partial charge in [0.25, 0.3) is 15.7 Å². The highest BCUT2D eigenvalue weighted by Gasteiger charge is 2.24. The standard InChI is InChI=1S/C23H20N8O4S/c1-16(20-14-26-30-10-8-17(13-24)11-22(20)30)27-28-36(34,35)23-12-19(31(32)33)6-7-21(23)29(2)15-18-5-3-4-9-25-18/h3-12,14,28H,15H2,1-2H3/b27-16+. The van der Waals surface area contributed by atoms with E-state index in [-0.39, 0.29) is 28.5 Å². The van der Waals surface area contributed by atoms with E-state index in [4.69, 9.17) is 5.26 Å². The van der Waals surface area contributed by atoms with Gasteiger partial charge in [-0.1, -0.05) is 6.07 Å². The summed E-state index contributed by atoms with van der Waals surface area (Å²) in [4.78, 5) is 18.4. The van der Waals surface area contributed by atoms with Crippen molar-refractivity contribution in [1.82, 2.24) is 19.4 Å². The van der Waals surface area contributed by atoms with Crippen molar-refractivity contribution in [3.63, 3.8) is 0 Å². The van der Waals surface area contributed by atoms with Crippen molar-refractivity contribution in [3.05, 3.63) is 94.1 Å². The molecule has 4 aromatic rings. The number of nitriles is 1. The number of hydrogen-bond acceptors (Lipinski definition) is 9. The Morgan fingerprint density at radius 2 is 2.08 bits per heavy atom. The van der Waals surface area contributed by atoms with Crippen molar-refractivity contribution in [2.45, 2.75) is 18.4 Å². The number of non-ortho nitro benzene ring substituents is 1. The molecule has 0 aliphatic carbocycles. The maximum Gasteiger partial charge on any atom is 0.278 e. The van der Waals surface area contributed by atoms with Crippen molar-refractivity contribution in [3.8, 4) is 6.07 Å².